The summed E-state index contributed by atoms with van der Waals surface area (Å²) in [4.78, 5) is 13.9. The van der Waals surface area contributed by atoms with Crippen molar-refractivity contribution in [3.05, 3.63) is 33.8 Å². The molecule has 1 aliphatic heterocycles. The van der Waals surface area contributed by atoms with Gasteiger partial charge < -0.3 is 10.0 Å². The molecule has 0 aliphatic carbocycles. The molecule has 0 aromatic heterocycles. The third-order valence-corrected chi connectivity index (χ3v) is 4.22. The van der Waals surface area contributed by atoms with E-state index in [1.807, 2.05) is 6.92 Å². The van der Waals surface area contributed by atoms with Gasteiger partial charge in [0.2, 0.25) is 5.91 Å². The maximum Gasteiger partial charge on any atom is 0.227 e. The number of amides is 1. The molecule has 1 saturated heterocycles. The number of hydrogen-bond donors (Lipinski definition) is 1. The maximum atomic E-state index is 12.2. The molecule has 0 saturated carbocycles. The molecule has 2 unspecified atom stereocenters. The second-order valence-electron chi connectivity index (χ2n) is 5.09. The van der Waals surface area contributed by atoms with Crippen molar-refractivity contribution in [1.82, 2.24) is 4.90 Å². The summed E-state index contributed by atoms with van der Waals surface area (Å²) in [6, 6.07) is 5.13. The molecule has 104 valence electrons. The number of halogens is 2. The number of benzene rings is 1. The van der Waals surface area contributed by atoms with Gasteiger partial charge in [-0.2, -0.15) is 0 Å². The number of likely N-dealkylation sites (tertiary alicyclic amines) is 1. The van der Waals surface area contributed by atoms with E-state index in [1.54, 1.807) is 23.1 Å². The van der Waals surface area contributed by atoms with E-state index in [2.05, 4.69) is 0 Å². The van der Waals surface area contributed by atoms with E-state index in [0.29, 0.717) is 23.1 Å². The number of aliphatic hydroxyl groups is 1. The van der Waals surface area contributed by atoms with Gasteiger partial charge in [-0.15, -0.1) is 0 Å². The van der Waals surface area contributed by atoms with Gasteiger partial charge in [-0.25, -0.2) is 0 Å². The molecule has 1 aliphatic rings. The van der Waals surface area contributed by atoms with Gasteiger partial charge in [0.15, 0.2) is 0 Å². The normalized spacial score (nSPS) is 23.5. The van der Waals surface area contributed by atoms with E-state index in [9.17, 15) is 9.90 Å². The van der Waals surface area contributed by atoms with Gasteiger partial charge in [-0.05, 0) is 30.0 Å². The third-order valence-electron chi connectivity index (χ3n) is 3.63. The summed E-state index contributed by atoms with van der Waals surface area (Å²) in [6.45, 7) is 3.11. The summed E-state index contributed by atoms with van der Waals surface area (Å²) < 4.78 is 0. The SMILES string of the molecule is CC1CCN(C(=O)Cc2ccc(Cl)cc2Cl)CC1O. The van der Waals surface area contributed by atoms with Gasteiger partial charge in [0.05, 0.1) is 12.5 Å². The number of carbonyl (C=O) groups is 1. The standard InChI is InChI=1S/C14H17Cl2NO2/c1-9-4-5-17(8-13(9)18)14(19)6-10-2-3-11(15)7-12(10)16/h2-3,7,9,13,18H,4-6,8H2,1H3. The lowest BCUT2D eigenvalue weighted by Gasteiger charge is -2.34. The predicted octanol–water partition coefficient (Wildman–Crippen LogP) is 2.77. The van der Waals surface area contributed by atoms with Crippen LogP contribution in [0.1, 0.15) is 18.9 Å². The zero-order valence-corrected chi connectivity index (χ0v) is 12.3. The Morgan fingerprint density at radius 2 is 2.21 bits per heavy atom. The van der Waals surface area contributed by atoms with Crippen LogP contribution in [-0.2, 0) is 11.2 Å². The second-order valence-corrected chi connectivity index (χ2v) is 5.93. The number of nitrogens with zero attached hydrogens (tertiary/aromatic N) is 1. The van der Waals surface area contributed by atoms with Crippen molar-refractivity contribution in [1.29, 1.82) is 0 Å². The highest BCUT2D eigenvalue weighted by atomic mass is 35.5. The van der Waals surface area contributed by atoms with E-state index < -0.39 is 6.10 Å². The first-order valence-corrected chi connectivity index (χ1v) is 7.12. The molecule has 3 nitrogen and oxygen atoms in total. The molecule has 19 heavy (non-hydrogen) atoms. The first-order chi connectivity index (χ1) is 8.97. The van der Waals surface area contributed by atoms with Gasteiger partial charge in [0.1, 0.15) is 0 Å². The summed E-state index contributed by atoms with van der Waals surface area (Å²) in [7, 11) is 0. The van der Waals surface area contributed by atoms with E-state index >= 15 is 0 Å². The minimum absolute atomic E-state index is 0.00447. The highest BCUT2D eigenvalue weighted by molar-refractivity contribution is 6.35. The summed E-state index contributed by atoms with van der Waals surface area (Å²) >= 11 is 11.9. The van der Waals surface area contributed by atoms with Crippen LogP contribution >= 0.6 is 23.2 Å². The van der Waals surface area contributed by atoms with Crippen LogP contribution in [0.5, 0.6) is 0 Å². The maximum absolute atomic E-state index is 12.2. The Labute approximate surface area is 123 Å². The predicted molar refractivity (Wildman–Crippen MR) is 76.5 cm³/mol. The van der Waals surface area contributed by atoms with Crippen molar-refractivity contribution in [2.24, 2.45) is 5.92 Å². The molecule has 0 radical (unpaired) electrons. The lowest BCUT2D eigenvalue weighted by molar-refractivity contribution is -0.134. The van der Waals surface area contributed by atoms with E-state index in [4.69, 9.17) is 23.2 Å². The lowest BCUT2D eigenvalue weighted by atomic mass is 9.95. The summed E-state index contributed by atoms with van der Waals surface area (Å²) in [6.07, 6.45) is 0.650. The van der Waals surface area contributed by atoms with Gasteiger partial charge in [-0.3, -0.25) is 4.79 Å². The number of β-amino-alcohol motifs (C(OH)–C–C–N with tert-alkyl or cyclic N) is 1. The van der Waals surface area contributed by atoms with Gasteiger partial charge in [0.25, 0.3) is 0 Å². The van der Waals surface area contributed by atoms with Crippen LogP contribution in [0.25, 0.3) is 0 Å². The molecule has 2 atom stereocenters. The molecule has 2 rings (SSSR count). The van der Waals surface area contributed by atoms with Crippen molar-refractivity contribution < 1.29 is 9.90 Å². The molecule has 1 fully saturated rings. The van der Waals surface area contributed by atoms with Crippen LogP contribution in [-0.4, -0.2) is 35.1 Å². The summed E-state index contributed by atoms with van der Waals surface area (Å²) in [5, 5.41) is 10.9. The zero-order chi connectivity index (χ0) is 14.0. The molecule has 0 spiro atoms. The molecule has 1 amide bonds. The number of rotatable bonds is 2. The largest absolute Gasteiger partial charge is 0.391 e. The Balaban J connectivity index is 2.01. The molecular formula is C14H17Cl2NO2. The van der Waals surface area contributed by atoms with Crippen molar-refractivity contribution >= 4 is 29.1 Å². The van der Waals surface area contributed by atoms with Crippen LogP contribution in [0.15, 0.2) is 18.2 Å². The van der Waals surface area contributed by atoms with Crippen LogP contribution in [0.2, 0.25) is 10.0 Å². The van der Waals surface area contributed by atoms with Crippen molar-refractivity contribution in [2.75, 3.05) is 13.1 Å². The minimum Gasteiger partial charge on any atom is -0.391 e. The van der Waals surface area contributed by atoms with Gasteiger partial charge in [0, 0.05) is 23.1 Å². The molecule has 1 heterocycles. The number of hydrogen-bond acceptors (Lipinski definition) is 2. The fraction of sp³-hybridized carbons (Fsp3) is 0.500. The van der Waals surface area contributed by atoms with E-state index in [0.717, 1.165) is 12.0 Å². The molecule has 1 aromatic rings. The Morgan fingerprint density at radius 3 is 2.84 bits per heavy atom. The molecule has 0 bridgehead atoms. The fourth-order valence-electron chi connectivity index (χ4n) is 2.22. The molecule has 1 aromatic carbocycles. The average Bonchev–Trinajstić information content (AvgIpc) is 2.36. The quantitative estimate of drug-likeness (QED) is 0.912. The summed E-state index contributed by atoms with van der Waals surface area (Å²) in [5.41, 5.74) is 0.768. The minimum atomic E-state index is -0.432. The average molecular weight is 302 g/mol. The second kappa shape index (κ2) is 6.12. The van der Waals surface area contributed by atoms with Crippen molar-refractivity contribution in [2.45, 2.75) is 25.9 Å². The smallest absolute Gasteiger partial charge is 0.227 e. The van der Waals surface area contributed by atoms with Gasteiger partial charge in [-0.1, -0.05) is 36.2 Å². The van der Waals surface area contributed by atoms with Crippen molar-refractivity contribution in [3.8, 4) is 0 Å². The Morgan fingerprint density at radius 1 is 1.47 bits per heavy atom. The van der Waals surface area contributed by atoms with Crippen LogP contribution < -0.4 is 0 Å². The topological polar surface area (TPSA) is 40.5 Å². The fourth-order valence-corrected chi connectivity index (χ4v) is 2.69. The number of piperidine rings is 1. The lowest BCUT2D eigenvalue weighted by Crippen LogP contribution is -2.46. The highest BCUT2D eigenvalue weighted by Gasteiger charge is 2.27. The Kier molecular flexibility index (Phi) is 4.71. The monoisotopic (exact) mass is 301 g/mol. The van der Waals surface area contributed by atoms with E-state index in [-0.39, 0.29) is 18.2 Å². The Hall–Kier alpha value is -0.770. The zero-order valence-electron chi connectivity index (χ0n) is 10.8. The molecular weight excluding hydrogens is 285 g/mol. The van der Waals surface area contributed by atoms with Gasteiger partial charge >= 0.3 is 0 Å². The van der Waals surface area contributed by atoms with Crippen molar-refractivity contribution in [3.63, 3.8) is 0 Å². The number of aliphatic hydroxyl groups excluding tert-OH is 1. The number of carbonyl (C=O) groups excluding carboxylic acids is 1. The third kappa shape index (κ3) is 3.62. The van der Waals surface area contributed by atoms with E-state index in [1.165, 1.54) is 0 Å². The molecule has 1 N–H and O–H groups in total. The van der Waals surface area contributed by atoms with Crippen LogP contribution in [0.3, 0.4) is 0 Å². The Bertz CT molecular complexity index is 479. The first kappa shape index (κ1) is 14.6. The molecule has 5 heteroatoms. The highest BCUT2D eigenvalue weighted by Crippen LogP contribution is 2.23. The van der Waals surface area contributed by atoms with Crippen LogP contribution in [0, 0.1) is 5.92 Å². The summed E-state index contributed by atoms with van der Waals surface area (Å²) in [5.74, 6) is 0.248. The van der Waals surface area contributed by atoms with Crippen LogP contribution in [0.4, 0.5) is 0 Å². The first-order valence-electron chi connectivity index (χ1n) is 6.37.